The average Bonchev–Trinajstić information content (AvgIpc) is 2.86. The Kier molecular flexibility index (Phi) is 5.31. The molecule has 0 atom stereocenters. The van der Waals surface area contributed by atoms with Gasteiger partial charge in [0, 0.05) is 24.0 Å². The minimum Gasteiger partial charge on any atom is -0.370 e. The maximum atomic E-state index is 4.63. The monoisotopic (exact) mass is 287 g/mol. The van der Waals surface area contributed by atoms with Crippen LogP contribution in [0.5, 0.6) is 0 Å². The van der Waals surface area contributed by atoms with Gasteiger partial charge in [-0.3, -0.25) is 4.68 Å². The van der Waals surface area contributed by atoms with Crippen molar-refractivity contribution in [1.82, 2.24) is 19.7 Å². The third-order valence-corrected chi connectivity index (χ3v) is 3.39. The van der Waals surface area contributed by atoms with Crippen molar-refractivity contribution in [1.29, 1.82) is 0 Å². The molecule has 0 aliphatic rings. The predicted molar refractivity (Wildman–Crippen MR) is 85.6 cm³/mol. The van der Waals surface area contributed by atoms with Crippen molar-refractivity contribution >= 4 is 5.82 Å². The number of aryl methyl sites for hydroxylation is 3. The van der Waals surface area contributed by atoms with Crippen molar-refractivity contribution < 1.29 is 0 Å². The molecule has 0 spiro atoms. The molecule has 0 amide bonds. The molecular weight excluding hydrogens is 262 g/mol. The molecule has 0 aliphatic heterocycles. The van der Waals surface area contributed by atoms with E-state index in [1.807, 2.05) is 17.7 Å². The Hall–Kier alpha value is -1.91. The Morgan fingerprint density at radius 3 is 2.57 bits per heavy atom. The van der Waals surface area contributed by atoms with Gasteiger partial charge < -0.3 is 5.32 Å². The molecule has 0 fully saturated rings. The minimum atomic E-state index is 0.631. The minimum absolute atomic E-state index is 0.631. The molecule has 1 N–H and O–H groups in total. The first-order valence-corrected chi connectivity index (χ1v) is 7.80. The summed E-state index contributed by atoms with van der Waals surface area (Å²) in [7, 11) is 0. The van der Waals surface area contributed by atoms with E-state index in [1.54, 1.807) is 0 Å². The second kappa shape index (κ2) is 7.20. The lowest BCUT2D eigenvalue weighted by molar-refractivity contribution is 0.615. The highest BCUT2D eigenvalue weighted by Crippen LogP contribution is 2.11. The van der Waals surface area contributed by atoms with E-state index in [1.165, 1.54) is 5.69 Å². The van der Waals surface area contributed by atoms with Gasteiger partial charge in [-0.05, 0) is 32.3 Å². The molecular formula is C16H25N5. The molecule has 0 aliphatic carbocycles. The van der Waals surface area contributed by atoms with Gasteiger partial charge in [0.25, 0.3) is 0 Å². The molecule has 0 unspecified atom stereocenters. The normalized spacial score (nSPS) is 10.9. The summed E-state index contributed by atoms with van der Waals surface area (Å²) in [5, 5.41) is 7.96. The average molecular weight is 287 g/mol. The van der Waals surface area contributed by atoms with Crippen LogP contribution in [0.3, 0.4) is 0 Å². The first kappa shape index (κ1) is 15.5. The third kappa shape index (κ3) is 4.03. The van der Waals surface area contributed by atoms with Gasteiger partial charge in [0.1, 0.15) is 12.4 Å². The van der Waals surface area contributed by atoms with Crippen LogP contribution in [0.25, 0.3) is 0 Å². The molecule has 2 aromatic heterocycles. The molecule has 0 saturated carbocycles. The van der Waals surface area contributed by atoms with Gasteiger partial charge in [0.15, 0.2) is 5.82 Å². The van der Waals surface area contributed by atoms with Crippen LogP contribution < -0.4 is 5.32 Å². The Morgan fingerprint density at radius 2 is 1.90 bits per heavy atom. The van der Waals surface area contributed by atoms with Crippen molar-refractivity contribution in [3.05, 3.63) is 35.0 Å². The Bertz CT molecular complexity index is 588. The van der Waals surface area contributed by atoms with E-state index < -0.39 is 0 Å². The van der Waals surface area contributed by atoms with Gasteiger partial charge in [-0.25, -0.2) is 9.97 Å². The number of hydrogen-bond donors (Lipinski definition) is 1. The summed E-state index contributed by atoms with van der Waals surface area (Å²) in [6, 6.07) is 4.16. The summed E-state index contributed by atoms with van der Waals surface area (Å²) >= 11 is 0. The Labute approximate surface area is 126 Å². The highest BCUT2D eigenvalue weighted by atomic mass is 15.3. The van der Waals surface area contributed by atoms with Crippen molar-refractivity contribution in [2.45, 2.75) is 53.5 Å². The molecule has 114 valence electrons. The smallest absolute Gasteiger partial charge is 0.152 e. The molecule has 2 rings (SSSR count). The quantitative estimate of drug-likeness (QED) is 0.850. The van der Waals surface area contributed by atoms with Gasteiger partial charge in [0.05, 0.1) is 5.69 Å². The van der Waals surface area contributed by atoms with Gasteiger partial charge in [0.2, 0.25) is 0 Å². The van der Waals surface area contributed by atoms with Crippen LogP contribution in [0.4, 0.5) is 5.82 Å². The van der Waals surface area contributed by atoms with Crippen LogP contribution in [0, 0.1) is 6.92 Å². The molecule has 2 heterocycles. The summed E-state index contributed by atoms with van der Waals surface area (Å²) in [6.07, 6.45) is 3.01. The fourth-order valence-corrected chi connectivity index (χ4v) is 2.29. The third-order valence-electron chi connectivity index (χ3n) is 3.39. The predicted octanol–water partition coefficient (Wildman–Crippen LogP) is 2.98. The summed E-state index contributed by atoms with van der Waals surface area (Å²) in [6.45, 7) is 9.99. The van der Waals surface area contributed by atoms with E-state index in [2.05, 4.69) is 47.2 Å². The molecule has 0 aromatic carbocycles. The number of anilines is 1. The summed E-state index contributed by atoms with van der Waals surface area (Å²) in [4.78, 5) is 9.13. The second-order valence-electron chi connectivity index (χ2n) is 5.23. The fourth-order valence-electron chi connectivity index (χ4n) is 2.29. The molecule has 0 bridgehead atoms. The summed E-state index contributed by atoms with van der Waals surface area (Å²) in [5.41, 5.74) is 3.35. The Morgan fingerprint density at radius 1 is 1.10 bits per heavy atom. The van der Waals surface area contributed by atoms with Crippen molar-refractivity contribution in [2.75, 3.05) is 11.9 Å². The number of rotatable bonds is 7. The van der Waals surface area contributed by atoms with Gasteiger partial charge >= 0.3 is 0 Å². The van der Waals surface area contributed by atoms with E-state index in [-0.39, 0.29) is 0 Å². The summed E-state index contributed by atoms with van der Waals surface area (Å²) < 4.78 is 2.03. The maximum absolute atomic E-state index is 4.63. The second-order valence-corrected chi connectivity index (χ2v) is 5.23. The van der Waals surface area contributed by atoms with Crippen molar-refractivity contribution in [3.8, 4) is 0 Å². The lowest BCUT2D eigenvalue weighted by atomic mass is 10.2. The van der Waals surface area contributed by atoms with E-state index in [9.17, 15) is 0 Å². The van der Waals surface area contributed by atoms with Crippen LogP contribution in [0.1, 0.15) is 50.1 Å². The van der Waals surface area contributed by atoms with Crippen LogP contribution in [-0.2, 0) is 19.4 Å². The zero-order chi connectivity index (χ0) is 15.2. The highest BCUT2D eigenvalue weighted by molar-refractivity contribution is 5.35. The fraction of sp³-hybridized carbons (Fsp3) is 0.562. The molecule has 5 nitrogen and oxygen atoms in total. The molecule has 2 aromatic rings. The number of nitrogens with zero attached hydrogens (tertiary/aromatic N) is 4. The van der Waals surface area contributed by atoms with Crippen molar-refractivity contribution in [3.63, 3.8) is 0 Å². The summed E-state index contributed by atoms with van der Waals surface area (Å²) in [5.74, 6) is 1.72. The van der Waals surface area contributed by atoms with Crippen LogP contribution in [-0.4, -0.2) is 26.3 Å². The van der Waals surface area contributed by atoms with Gasteiger partial charge in [-0.15, -0.1) is 0 Å². The van der Waals surface area contributed by atoms with Crippen LogP contribution in [0.2, 0.25) is 0 Å². The molecule has 5 heteroatoms. The zero-order valence-corrected chi connectivity index (χ0v) is 13.5. The molecule has 0 saturated heterocycles. The van der Waals surface area contributed by atoms with E-state index in [0.717, 1.165) is 48.8 Å². The Balaban J connectivity index is 2.22. The number of aromatic nitrogens is 4. The van der Waals surface area contributed by atoms with Crippen LogP contribution in [0.15, 0.2) is 12.1 Å². The number of nitrogens with one attached hydrogen (secondary N) is 1. The van der Waals surface area contributed by atoms with Gasteiger partial charge in [-0.2, -0.15) is 5.10 Å². The molecule has 0 radical (unpaired) electrons. The van der Waals surface area contributed by atoms with Crippen LogP contribution >= 0.6 is 0 Å². The highest BCUT2D eigenvalue weighted by Gasteiger charge is 2.09. The van der Waals surface area contributed by atoms with E-state index in [0.29, 0.717) is 6.54 Å². The molecule has 21 heavy (non-hydrogen) atoms. The standard InChI is InChI=1S/C16H25N5/c1-5-8-17-15-9-12(4)18-16(19-15)11-21-14(7-3)10-13(6-2)20-21/h9-10H,5-8,11H2,1-4H3,(H,17,18,19). The lowest BCUT2D eigenvalue weighted by Crippen LogP contribution is -2.12. The SMILES string of the molecule is CCCNc1cc(C)nc(Cn2nc(CC)cc2CC)n1. The van der Waals surface area contributed by atoms with E-state index >= 15 is 0 Å². The largest absolute Gasteiger partial charge is 0.370 e. The van der Waals surface area contributed by atoms with E-state index in [4.69, 9.17) is 0 Å². The first-order chi connectivity index (χ1) is 10.2. The van der Waals surface area contributed by atoms with Gasteiger partial charge in [-0.1, -0.05) is 20.8 Å². The van der Waals surface area contributed by atoms with Crippen molar-refractivity contribution in [2.24, 2.45) is 0 Å². The number of hydrogen-bond acceptors (Lipinski definition) is 4. The zero-order valence-electron chi connectivity index (χ0n) is 13.5. The first-order valence-electron chi connectivity index (χ1n) is 7.80. The lowest BCUT2D eigenvalue weighted by Gasteiger charge is -2.09. The topological polar surface area (TPSA) is 55.6 Å². The maximum Gasteiger partial charge on any atom is 0.152 e.